The molecule has 0 aliphatic rings. The number of thiophene rings is 1. The second-order valence-corrected chi connectivity index (χ2v) is 7.62. The molecule has 0 saturated heterocycles. The Balaban J connectivity index is 2.20. The van der Waals surface area contributed by atoms with Crippen molar-refractivity contribution in [2.24, 2.45) is 0 Å². The van der Waals surface area contributed by atoms with Crippen molar-refractivity contribution >= 4 is 54.8 Å². The Hall–Kier alpha value is 0.0600. The number of aliphatic hydroxyl groups excluding tert-OH is 1. The normalized spacial score (nSPS) is 12.7. The van der Waals surface area contributed by atoms with E-state index < -0.39 is 6.10 Å². The fourth-order valence-electron chi connectivity index (χ4n) is 1.47. The summed E-state index contributed by atoms with van der Waals surface area (Å²) in [5.41, 5.74) is 1.76. The molecule has 1 atom stereocenters. The Morgan fingerprint density at radius 1 is 1.47 bits per heavy atom. The van der Waals surface area contributed by atoms with Gasteiger partial charge in [-0.05, 0) is 49.6 Å². The lowest BCUT2D eigenvalue weighted by atomic mass is 10.1. The predicted octanol–water partition coefficient (Wildman–Crippen LogP) is 4.60. The average molecular weight is 398 g/mol. The Labute approximate surface area is 125 Å². The van der Waals surface area contributed by atoms with Gasteiger partial charge in [0, 0.05) is 24.4 Å². The van der Waals surface area contributed by atoms with Crippen LogP contribution in [0.25, 0.3) is 0 Å². The number of hydrogen-bond acceptors (Lipinski definition) is 3. The summed E-state index contributed by atoms with van der Waals surface area (Å²) < 4.78 is 1.92. The Kier molecular flexibility index (Phi) is 4.60. The monoisotopic (exact) mass is 395 g/mol. The van der Waals surface area contributed by atoms with Gasteiger partial charge in [-0.2, -0.15) is 0 Å². The van der Waals surface area contributed by atoms with Gasteiger partial charge in [0.25, 0.3) is 0 Å². The topological polar surface area (TPSA) is 33.1 Å². The van der Waals surface area contributed by atoms with Crippen molar-refractivity contribution in [3.05, 3.63) is 48.2 Å². The number of halogens is 3. The maximum atomic E-state index is 10.2. The smallest absolute Gasteiger partial charge is 0.0850 e. The third kappa shape index (κ3) is 3.29. The van der Waals surface area contributed by atoms with Gasteiger partial charge in [-0.1, -0.05) is 11.6 Å². The lowest BCUT2D eigenvalue weighted by molar-refractivity contribution is 0.178. The van der Waals surface area contributed by atoms with Gasteiger partial charge in [0.05, 0.1) is 18.7 Å². The van der Waals surface area contributed by atoms with Gasteiger partial charge in [0.1, 0.15) is 0 Å². The molecule has 0 radical (unpaired) electrons. The SMILES string of the molecule is OC(Cc1ccncc1Cl)c1cc(Br)sc1Br. The molecule has 2 aromatic heterocycles. The number of nitrogens with zero attached hydrogens (tertiary/aromatic N) is 1. The molecule has 2 nitrogen and oxygen atoms in total. The third-order valence-electron chi connectivity index (χ3n) is 2.31. The maximum Gasteiger partial charge on any atom is 0.0850 e. The summed E-state index contributed by atoms with van der Waals surface area (Å²) in [6.45, 7) is 0. The molecule has 2 heterocycles. The van der Waals surface area contributed by atoms with Crippen LogP contribution in [-0.4, -0.2) is 10.1 Å². The fraction of sp³-hybridized carbons (Fsp3) is 0.182. The van der Waals surface area contributed by atoms with Crippen molar-refractivity contribution in [3.63, 3.8) is 0 Å². The third-order valence-corrected chi connectivity index (χ3v) is 5.04. The molecule has 0 saturated carbocycles. The largest absolute Gasteiger partial charge is 0.388 e. The first-order valence-corrected chi connectivity index (χ1v) is 7.57. The molecule has 2 rings (SSSR count). The summed E-state index contributed by atoms with van der Waals surface area (Å²) in [5, 5.41) is 10.7. The van der Waals surface area contributed by atoms with Crippen molar-refractivity contribution < 1.29 is 5.11 Å². The standard InChI is InChI=1S/C11H8Br2ClNOS/c12-10-4-7(11(13)17-10)9(16)3-6-1-2-15-5-8(6)14/h1-2,4-5,9,16H,3H2. The molecule has 0 amide bonds. The lowest BCUT2D eigenvalue weighted by Crippen LogP contribution is -2.01. The molecule has 1 N–H and O–H groups in total. The van der Waals surface area contributed by atoms with Crippen molar-refractivity contribution in [2.75, 3.05) is 0 Å². The highest BCUT2D eigenvalue weighted by Gasteiger charge is 2.16. The molecule has 90 valence electrons. The van der Waals surface area contributed by atoms with Crippen LogP contribution in [0.2, 0.25) is 5.02 Å². The van der Waals surface area contributed by atoms with Crippen molar-refractivity contribution in [1.82, 2.24) is 4.98 Å². The second kappa shape index (κ2) is 5.80. The Bertz CT molecular complexity index is 532. The average Bonchev–Trinajstić information content (AvgIpc) is 2.61. The fourth-order valence-corrected chi connectivity index (χ4v) is 4.62. The van der Waals surface area contributed by atoms with E-state index in [0.29, 0.717) is 11.4 Å². The molecule has 0 spiro atoms. The van der Waals surface area contributed by atoms with Crippen LogP contribution < -0.4 is 0 Å². The van der Waals surface area contributed by atoms with Crippen LogP contribution in [-0.2, 0) is 6.42 Å². The molecular weight excluding hydrogens is 389 g/mol. The van der Waals surface area contributed by atoms with Crippen LogP contribution in [0.3, 0.4) is 0 Å². The van der Waals surface area contributed by atoms with Gasteiger partial charge in [0.15, 0.2) is 0 Å². The van der Waals surface area contributed by atoms with Crippen LogP contribution in [0.5, 0.6) is 0 Å². The Morgan fingerprint density at radius 2 is 2.24 bits per heavy atom. The quantitative estimate of drug-likeness (QED) is 0.821. The van der Waals surface area contributed by atoms with Gasteiger partial charge in [-0.25, -0.2) is 0 Å². The summed E-state index contributed by atoms with van der Waals surface area (Å²) in [6, 6.07) is 3.73. The van der Waals surface area contributed by atoms with E-state index in [0.717, 1.165) is 18.7 Å². The summed E-state index contributed by atoms with van der Waals surface area (Å²) in [6.07, 6.45) is 3.16. The van der Waals surface area contributed by atoms with Gasteiger partial charge in [0.2, 0.25) is 0 Å². The highest BCUT2D eigenvalue weighted by Crippen LogP contribution is 2.36. The molecule has 6 heteroatoms. The highest BCUT2D eigenvalue weighted by molar-refractivity contribution is 9.12. The number of hydrogen-bond donors (Lipinski definition) is 1. The second-order valence-electron chi connectivity index (χ2n) is 3.47. The molecule has 0 aromatic carbocycles. The van der Waals surface area contributed by atoms with Crippen molar-refractivity contribution in [2.45, 2.75) is 12.5 Å². The van der Waals surface area contributed by atoms with Crippen LogP contribution in [0, 0.1) is 0 Å². The van der Waals surface area contributed by atoms with Crippen LogP contribution in [0.1, 0.15) is 17.2 Å². The van der Waals surface area contributed by atoms with Gasteiger partial charge < -0.3 is 5.11 Å². The van der Waals surface area contributed by atoms with Gasteiger partial charge in [-0.3, -0.25) is 4.98 Å². The summed E-state index contributed by atoms with van der Waals surface area (Å²) in [5.74, 6) is 0. The maximum absolute atomic E-state index is 10.2. The van der Waals surface area contributed by atoms with E-state index in [1.54, 1.807) is 23.7 Å². The van der Waals surface area contributed by atoms with E-state index in [9.17, 15) is 5.11 Å². The van der Waals surface area contributed by atoms with Crippen molar-refractivity contribution in [1.29, 1.82) is 0 Å². The summed E-state index contributed by atoms with van der Waals surface area (Å²) in [4.78, 5) is 3.92. The minimum Gasteiger partial charge on any atom is -0.388 e. The lowest BCUT2D eigenvalue weighted by Gasteiger charge is -2.10. The minimum atomic E-state index is -0.577. The first-order chi connectivity index (χ1) is 8.08. The number of aliphatic hydroxyl groups is 1. The number of aromatic nitrogens is 1. The van der Waals surface area contributed by atoms with Crippen LogP contribution in [0.4, 0.5) is 0 Å². The van der Waals surface area contributed by atoms with Gasteiger partial charge >= 0.3 is 0 Å². The molecule has 0 bridgehead atoms. The first kappa shape index (κ1) is 13.5. The van der Waals surface area contributed by atoms with Crippen LogP contribution >= 0.6 is 54.8 Å². The van der Waals surface area contributed by atoms with E-state index in [4.69, 9.17) is 11.6 Å². The molecule has 0 aliphatic carbocycles. The zero-order chi connectivity index (χ0) is 12.4. The van der Waals surface area contributed by atoms with E-state index in [1.807, 2.05) is 12.1 Å². The molecular formula is C11H8Br2ClNOS. The highest BCUT2D eigenvalue weighted by atomic mass is 79.9. The summed E-state index contributed by atoms with van der Waals surface area (Å²) in [7, 11) is 0. The van der Waals surface area contributed by atoms with Crippen LogP contribution in [0.15, 0.2) is 32.1 Å². The number of rotatable bonds is 3. The first-order valence-electron chi connectivity index (χ1n) is 4.79. The zero-order valence-electron chi connectivity index (χ0n) is 8.53. The molecule has 2 aromatic rings. The van der Waals surface area contributed by atoms with Crippen molar-refractivity contribution in [3.8, 4) is 0 Å². The summed E-state index contributed by atoms with van der Waals surface area (Å²) >= 11 is 14.4. The predicted molar refractivity (Wildman–Crippen MR) is 77.6 cm³/mol. The Morgan fingerprint density at radius 3 is 2.82 bits per heavy atom. The molecule has 17 heavy (non-hydrogen) atoms. The number of pyridine rings is 1. The van der Waals surface area contributed by atoms with Gasteiger partial charge in [-0.15, -0.1) is 11.3 Å². The van der Waals surface area contributed by atoms with E-state index >= 15 is 0 Å². The molecule has 1 unspecified atom stereocenters. The molecule has 0 fully saturated rings. The zero-order valence-corrected chi connectivity index (χ0v) is 13.3. The van der Waals surface area contributed by atoms with E-state index in [1.165, 1.54) is 0 Å². The molecule has 0 aliphatic heterocycles. The van der Waals surface area contributed by atoms with E-state index in [-0.39, 0.29) is 0 Å². The minimum absolute atomic E-state index is 0.475. The van der Waals surface area contributed by atoms with E-state index in [2.05, 4.69) is 36.8 Å².